The SMILES string of the molecule is CCOC(=O)[C@@](NC(=O)c1cccc(Cl)c1)(Nc1ccc(S(N)(=O)=O)cc1)C(F)(F)F. The van der Waals surface area contributed by atoms with E-state index in [0.29, 0.717) is 0 Å². The number of alkyl halides is 3. The number of amides is 1. The number of hydrogen-bond donors (Lipinski definition) is 3. The minimum atomic E-state index is -5.37. The van der Waals surface area contributed by atoms with Crippen LogP contribution in [-0.4, -0.2) is 38.7 Å². The van der Waals surface area contributed by atoms with Crippen LogP contribution in [0.2, 0.25) is 5.02 Å². The van der Waals surface area contributed by atoms with E-state index in [1.165, 1.54) is 25.1 Å². The molecule has 0 aromatic heterocycles. The fourth-order valence-corrected chi connectivity index (χ4v) is 3.15. The third kappa shape index (κ3) is 5.66. The van der Waals surface area contributed by atoms with Crippen LogP contribution in [0.5, 0.6) is 0 Å². The summed E-state index contributed by atoms with van der Waals surface area (Å²) in [6, 6.07) is 8.84. The number of rotatable bonds is 7. The van der Waals surface area contributed by atoms with Gasteiger partial charge in [0, 0.05) is 16.3 Å². The summed E-state index contributed by atoms with van der Waals surface area (Å²) < 4.78 is 69.7. The summed E-state index contributed by atoms with van der Waals surface area (Å²) in [7, 11) is -4.10. The smallest absolute Gasteiger partial charge is 0.441 e. The van der Waals surface area contributed by atoms with Gasteiger partial charge in [-0.25, -0.2) is 18.4 Å². The van der Waals surface area contributed by atoms with E-state index < -0.39 is 40.3 Å². The van der Waals surface area contributed by atoms with Gasteiger partial charge < -0.3 is 15.4 Å². The molecule has 0 unspecified atom stereocenters. The lowest BCUT2D eigenvalue weighted by atomic mass is 10.1. The molecule has 0 saturated heterocycles. The molecule has 2 aromatic carbocycles. The Labute approximate surface area is 180 Å². The topological polar surface area (TPSA) is 128 Å². The summed E-state index contributed by atoms with van der Waals surface area (Å²) in [5.74, 6) is -3.09. The second kappa shape index (κ2) is 9.12. The molecule has 0 fully saturated rings. The maximum atomic E-state index is 14.1. The molecule has 0 radical (unpaired) electrons. The normalized spacial score (nSPS) is 13.7. The van der Waals surface area contributed by atoms with Crippen LogP contribution in [0.15, 0.2) is 53.4 Å². The molecule has 2 rings (SSSR count). The standard InChI is InChI=1S/C18H17ClF3N3O5S/c1-2-30-16(27)17(18(20,21)22,25-15(26)11-4-3-5-12(19)10-11)24-13-6-8-14(9-7-13)31(23,28)29/h3-10,24H,2H2,1H3,(H,25,26)(H2,23,28,29)/t17-/m0/s1. The number of primary sulfonamides is 1. The summed E-state index contributed by atoms with van der Waals surface area (Å²) in [4.78, 5) is 24.6. The number of carbonyl (C=O) groups excluding carboxylic acids is 2. The Kier molecular flexibility index (Phi) is 7.19. The lowest BCUT2D eigenvalue weighted by Gasteiger charge is -2.35. The number of carbonyl (C=O) groups is 2. The Morgan fingerprint density at radius 1 is 1.13 bits per heavy atom. The van der Waals surface area contributed by atoms with Crippen LogP contribution in [0.1, 0.15) is 17.3 Å². The van der Waals surface area contributed by atoms with Crippen molar-refractivity contribution in [3.05, 3.63) is 59.1 Å². The molecule has 0 aliphatic heterocycles. The van der Waals surface area contributed by atoms with E-state index in [0.717, 1.165) is 30.3 Å². The molecule has 1 atom stereocenters. The van der Waals surface area contributed by atoms with Crippen molar-refractivity contribution in [2.24, 2.45) is 5.14 Å². The number of halogens is 4. The summed E-state index contributed by atoms with van der Waals surface area (Å²) in [5, 5.41) is 8.61. The zero-order chi connectivity index (χ0) is 23.4. The molecular weight excluding hydrogens is 463 g/mol. The Morgan fingerprint density at radius 2 is 1.74 bits per heavy atom. The van der Waals surface area contributed by atoms with Crippen molar-refractivity contribution in [3.63, 3.8) is 0 Å². The maximum Gasteiger partial charge on any atom is 0.441 e. The highest BCUT2D eigenvalue weighted by Gasteiger charge is 2.63. The second-order valence-corrected chi connectivity index (χ2v) is 8.12. The van der Waals surface area contributed by atoms with Gasteiger partial charge in [0.05, 0.1) is 11.5 Å². The Balaban J connectivity index is 2.52. The van der Waals surface area contributed by atoms with E-state index in [1.807, 2.05) is 5.32 Å². The molecule has 0 aliphatic rings. The highest BCUT2D eigenvalue weighted by molar-refractivity contribution is 7.89. The Morgan fingerprint density at radius 3 is 2.23 bits per heavy atom. The average Bonchev–Trinajstić information content (AvgIpc) is 2.66. The monoisotopic (exact) mass is 479 g/mol. The third-order valence-corrected chi connectivity index (χ3v) is 5.07. The minimum absolute atomic E-state index is 0.0907. The van der Waals surface area contributed by atoms with E-state index in [2.05, 4.69) is 4.74 Å². The summed E-state index contributed by atoms with van der Waals surface area (Å²) in [6.07, 6.45) is -5.37. The first kappa shape index (κ1) is 24.4. The number of esters is 1. The van der Waals surface area contributed by atoms with Crippen molar-refractivity contribution in [2.75, 3.05) is 11.9 Å². The predicted octanol–water partition coefficient (Wildman–Crippen LogP) is 2.65. The Hall–Kier alpha value is -2.83. The molecule has 0 aliphatic carbocycles. The average molecular weight is 480 g/mol. The summed E-state index contributed by atoms with van der Waals surface area (Å²) in [5.41, 5.74) is -4.27. The van der Waals surface area contributed by atoms with E-state index >= 15 is 0 Å². The minimum Gasteiger partial charge on any atom is -0.463 e. The van der Waals surface area contributed by atoms with Crippen molar-refractivity contribution >= 4 is 39.2 Å². The van der Waals surface area contributed by atoms with Gasteiger partial charge >= 0.3 is 17.8 Å². The van der Waals surface area contributed by atoms with Gasteiger partial charge in [-0.1, -0.05) is 17.7 Å². The van der Waals surface area contributed by atoms with Gasteiger partial charge in [-0.2, -0.15) is 13.2 Å². The van der Waals surface area contributed by atoms with Crippen LogP contribution in [0.4, 0.5) is 18.9 Å². The van der Waals surface area contributed by atoms with Crippen molar-refractivity contribution in [3.8, 4) is 0 Å². The van der Waals surface area contributed by atoms with Crippen LogP contribution in [-0.2, 0) is 19.6 Å². The van der Waals surface area contributed by atoms with E-state index in [4.69, 9.17) is 16.7 Å². The van der Waals surface area contributed by atoms with Crippen LogP contribution in [0, 0.1) is 0 Å². The molecular formula is C18H17ClF3N3O5S. The summed E-state index contributed by atoms with van der Waals surface area (Å²) in [6.45, 7) is 0.883. The summed E-state index contributed by atoms with van der Waals surface area (Å²) >= 11 is 5.77. The molecule has 0 heterocycles. The third-order valence-electron chi connectivity index (χ3n) is 3.91. The van der Waals surface area contributed by atoms with Gasteiger partial charge in [-0.15, -0.1) is 0 Å². The van der Waals surface area contributed by atoms with Crippen LogP contribution >= 0.6 is 11.6 Å². The van der Waals surface area contributed by atoms with Crippen LogP contribution < -0.4 is 15.8 Å². The van der Waals surface area contributed by atoms with Gasteiger partial charge in [0.1, 0.15) is 0 Å². The zero-order valence-corrected chi connectivity index (χ0v) is 17.4. The number of ether oxygens (including phenoxy) is 1. The fourth-order valence-electron chi connectivity index (χ4n) is 2.45. The van der Waals surface area contributed by atoms with Gasteiger partial charge in [-0.05, 0) is 49.4 Å². The predicted molar refractivity (Wildman–Crippen MR) is 106 cm³/mol. The molecule has 0 bridgehead atoms. The highest BCUT2D eigenvalue weighted by atomic mass is 35.5. The van der Waals surface area contributed by atoms with Gasteiger partial charge in [0.15, 0.2) is 0 Å². The van der Waals surface area contributed by atoms with E-state index in [-0.39, 0.29) is 21.2 Å². The number of benzene rings is 2. The molecule has 13 heteroatoms. The number of anilines is 1. The highest BCUT2D eigenvalue weighted by Crippen LogP contribution is 2.34. The molecule has 168 valence electrons. The van der Waals surface area contributed by atoms with Gasteiger partial charge in [0.2, 0.25) is 10.0 Å². The number of nitrogens with one attached hydrogen (secondary N) is 2. The first-order valence-corrected chi connectivity index (χ1v) is 10.5. The molecule has 0 spiro atoms. The van der Waals surface area contributed by atoms with E-state index in [1.54, 1.807) is 5.32 Å². The molecule has 31 heavy (non-hydrogen) atoms. The molecule has 1 amide bonds. The maximum absolute atomic E-state index is 14.1. The van der Waals surface area contributed by atoms with E-state index in [9.17, 15) is 31.2 Å². The van der Waals surface area contributed by atoms with Crippen molar-refractivity contribution < 1.29 is 35.9 Å². The van der Waals surface area contributed by atoms with Crippen molar-refractivity contribution in [1.82, 2.24) is 5.32 Å². The molecule has 8 nitrogen and oxygen atoms in total. The molecule has 4 N–H and O–H groups in total. The molecule has 0 saturated carbocycles. The van der Waals surface area contributed by atoms with Crippen molar-refractivity contribution in [2.45, 2.75) is 23.7 Å². The number of hydrogen-bond acceptors (Lipinski definition) is 6. The molecule has 2 aromatic rings. The van der Waals surface area contributed by atoms with Crippen LogP contribution in [0.25, 0.3) is 0 Å². The number of nitrogens with two attached hydrogens (primary N) is 1. The van der Waals surface area contributed by atoms with Crippen molar-refractivity contribution in [1.29, 1.82) is 0 Å². The lowest BCUT2D eigenvalue weighted by Crippen LogP contribution is -2.69. The largest absolute Gasteiger partial charge is 0.463 e. The zero-order valence-electron chi connectivity index (χ0n) is 15.9. The second-order valence-electron chi connectivity index (χ2n) is 6.13. The van der Waals surface area contributed by atoms with Crippen LogP contribution in [0.3, 0.4) is 0 Å². The first-order valence-electron chi connectivity index (χ1n) is 8.53. The quantitative estimate of drug-likeness (QED) is 0.414. The number of sulfonamides is 1. The van der Waals surface area contributed by atoms with Gasteiger partial charge in [0.25, 0.3) is 5.91 Å². The fraction of sp³-hybridized carbons (Fsp3) is 0.222. The Bertz CT molecular complexity index is 1080. The van der Waals surface area contributed by atoms with Gasteiger partial charge in [-0.3, -0.25) is 4.79 Å². The lowest BCUT2D eigenvalue weighted by molar-refractivity contribution is -0.204. The first-order chi connectivity index (χ1) is 14.3.